The number of likely N-dealkylation sites (tertiary alicyclic amines) is 1. The van der Waals surface area contributed by atoms with Crippen LogP contribution in [-0.4, -0.2) is 40.0 Å². The van der Waals surface area contributed by atoms with Gasteiger partial charge >= 0.3 is 0 Å². The molecule has 1 aliphatic rings. The van der Waals surface area contributed by atoms with Crippen LogP contribution in [0.2, 0.25) is 0 Å². The quantitative estimate of drug-likeness (QED) is 0.812. The van der Waals surface area contributed by atoms with Crippen molar-refractivity contribution in [3.8, 4) is 0 Å². The van der Waals surface area contributed by atoms with Crippen LogP contribution in [0.4, 0.5) is 5.13 Å². The predicted octanol–water partition coefficient (Wildman–Crippen LogP) is 3.03. The van der Waals surface area contributed by atoms with E-state index in [1.165, 1.54) is 16.2 Å². The van der Waals surface area contributed by atoms with Gasteiger partial charge in [0.1, 0.15) is 5.01 Å². The van der Waals surface area contributed by atoms with Crippen molar-refractivity contribution in [3.05, 3.63) is 35.3 Å². The number of amides is 2. The number of aromatic nitrogens is 2. The largest absolute Gasteiger partial charge is 0.343 e. The van der Waals surface area contributed by atoms with Gasteiger partial charge in [-0.3, -0.25) is 9.59 Å². The number of anilines is 1. The molecule has 0 aliphatic carbocycles. The first-order valence-electron chi connectivity index (χ1n) is 8.18. The molecule has 2 aromatic rings. The zero-order valence-corrected chi connectivity index (χ0v) is 15.6. The highest BCUT2D eigenvalue weighted by molar-refractivity contribution is 7.98. The van der Waals surface area contributed by atoms with Crippen molar-refractivity contribution >= 4 is 40.0 Å². The van der Waals surface area contributed by atoms with Gasteiger partial charge in [0.15, 0.2) is 0 Å². The number of thioether (sulfide) groups is 1. The number of nitrogens with zero attached hydrogens (tertiary/aromatic N) is 3. The third-order valence-electron chi connectivity index (χ3n) is 4.11. The Kier molecular flexibility index (Phi) is 6.04. The number of carbonyl (C=O) groups excluding carboxylic acids is 2. The molecule has 2 heterocycles. The van der Waals surface area contributed by atoms with Crippen molar-refractivity contribution in [3.63, 3.8) is 0 Å². The van der Waals surface area contributed by atoms with E-state index >= 15 is 0 Å². The smallest absolute Gasteiger partial charge is 0.229 e. The average Bonchev–Trinajstić information content (AvgIpc) is 3.08. The molecule has 6 nitrogen and oxygen atoms in total. The molecule has 132 valence electrons. The summed E-state index contributed by atoms with van der Waals surface area (Å²) >= 11 is 3.10. The molecule has 3 rings (SSSR count). The van der Waals surface area contributed by atoms with Gasteiger partial charge in [-0.2, -0.15) is 0 Å². The summed E-state index contributed by atoms with van der Waals surface area (Å²) in [5.74, 6) is 0.709. The highest BCUT2D eigenvalue weighted by Gasteiger charge is 2.26. The van der Waals surface area contributed by atoms with Gasteiger partial charge in [0, 0.05) is 30.8 Å². The van der Waals surface area contributed by atoms with E-state index < -0.39 is 0 Å². The summed E-state index contributed by atoms with van der Waals surface area (Å²) in [7, 11) is 0. The lowest BCUT2D eigenvalue weighted by Crippen LogP contribution is -2.40. The van der Waals surface area contributed by atoms with Crippen LogP contribution < -0.4 is 5.32 Å². The molecule has 0 radical (unpaired) electrons. The minimum atomic E-state index is -0.0679. The second-order valence-corrected chi connectivity index (χ2v) is 7.98. The highest BCUT2D eigenvalue weighted by atomic mass is 32.2. The summed E-state index contributed by atoms with van der Waals surface area (Å²) < 4.78 is 0. The standard InChI is InChI=1S/C17H20N4O2S2/c1-12(22)21-9-7-13(8-10-21)16(23)18-17-20-19-15(25-17)11-24-14-5-3-2-4-6-14/h2-6,13H,7-11H2,1H3,(H,18,20,23). The zero-order valence-electron chi connectivity index (χ0n) is 14.0. The summed E-state index contributed by atoms with van der Waals surface area (Å²) in [5.41, 5.74) is 0. The lowest BCUT2D eigenvalue weighted by molar-refractivity contribution is -0.132. The first-order chi connectivity index (χ1) is 12.1. The van der Waals surface area contributed by atoms with E-state index in [0.29, 0.717) is 31.1 Å². The number of rotatable bonds is 5. The van der Waals surface area contributed by atoms with Crippen molar-refractivity contribution in [1.82, 2.24) is 15.1 Å². The van der Waals surface area contributed by atoms with E-state index in [2.05, 4.69) is 27.6 Å². The summed E-state index contributed by atoms with van der Waals surface area (Å²) in [4.78, 5) is 26.7. The highest BCUT2D eigenvalue weighted by Crippen LogP contribution is 2.26. The molecule has 1 aromatic carbocycles. The molecule has 0 unspecified atom stereocenters. The summed E-state index contributed by atoms with van der Waals surface area (Å²) in [6, 6.07) is 10.1. The van der Waals surface area contributed by atoms with E-state index in [0.717, 1.165) is 10.8 Å². The van der Waals surface area contributed by atoms with Crippen LogP contribution in [0.3, 0.4) is 0 Å². The lowest BCUT2D eigenvalue weighted by atomic mass is 9.96. The Labute approximate surface area is 155 Å². The van der Waals surface area contributed by atoms with E-state index in [9.17, 15) is 9.59 Å². The Morgan fingerprint density at radius 2 is 1.96 bits per heavy atom. The maximum atomic E-state index is 12.4. The Morgan fingerprint density at radius 1 is 1.24 bits per heavy atom. The fraction of sp³-hybridized carbons (Fsp3) is 0.412. The van der Waals surface area contributed by atoms with E-state index in [-0.39, 0.29) is 17.7 Å². The molecule has 8 heteroatoms. The molecule has 1 aliphatic heterocycles. The van der Waals surface area contributed by atoms with Gasteiger partial charge in [-0.1, -0.05) is 29.5 Å². The second-order valence-electron chi connectivity index (χ2n) is 5.87. The molecule has 25 heavy (non-hydrogen) atoms. The van der Waals surface area contributed by atoms with Crippen molar-refractivity contribution in [1.29, 1.82) is 0 Å². The number of hydrogen-bond donors (Lipinski definition) is 1. The van der Waals surface area contributed by atoms with Gasteiger partial charge in [0.2, 0.25) is 16.9 Å². The zero-order chi connectivity index (χ0) is 17.6. The Balaban J connectivity index is 1.48. The van der Waals surface area contributed by atoms with Gasteiger partial charge in [0.05, 0.1) is 5.75 Å². The maximum Gasteiger partial charge on any atom is 0.229 e. The topological polar surface area (TPSA) is 75.2 Å². The minimum absolute atomic E-state index is 0.0263. The molecule has 0 saturated carbocycles. The van der Waals surface area contributed by atoms with Crippen molar-refractivity contribution < 1.29 is 9.59 Å². The molecule has 0 atom stereocenters. The number of carbonyl (C=O) groups is 2. The molecule has 1 fully saturated rings. The van der Waals surface area contributed by atoms with Crippen LogP contribution in [0.25, 0.3) is 0 Å². The Bertz CT molecular complexity index is 727. The van der Waals surface area contributed by atoms with Crippen molar-refractivity contribution in [2.24, 2.45) is 5.92 Å². The number of piperidine rings is 1. The van der Waals surface area contributed by atoms with Crippen LogP contribution in [0.5, 0.6) is 0 Å². The third kappa shape index (κ3) is 5.02. The SMILES string of the molecule is CC(=O)N1CCC(C(=O)Nc2nnc(CSc3ccccc3)s2)CC1. The summed E-state index contributed by atoms with van der Waals surface area (Å²) in [6.45, 7) is 2.85. The van der Waals surface area contributed by atoms with Crippen LogP contribution in [0, 0.1) is 5.92 Å². The Hall–Kier alpha value is -1.93. The fourth-order valence-corrected chi connectivity index (χ4v) is 4.34. The third-order valence-corrected chi connectivity index (χ3v) is 6.16. The van der Waals surface area contributed by atoms with E-state index in [4.69, 9.17) is 0 Å². The van der Waals surface area contributed by atoms with Gasteiger partial charge in [0.25, 0.3) is 0 Å². The molecule has 1 N–H and O–H groups in total. The minimum Gasteiger partial charge on any atom is -0.343 e. The first kappa shape index (κ1) is 17.9. The van der Waals surface area contributed by atoms with E-state index in [1.54, 1.807) is 23.6 Å². The summed E-state index contributed by atoms with van der Waals surface area (Å²) in [5, 5.41) is 12.5. The van der Waals surface area contributed by atoms with Crippen molar-refractivity contribution in [2.75, 3.05) is 18.4 Å². The van der Waals surface area contributed by atoms with Crippen LogP contribution in [0.1, 0.15) is 24.8 Å². The fourth-order valence-electron chi connectivity index (χ4n) is 2.69. The van der Waals surface area contributed by atoms with Gasteiger partial charge in [-0.15, -0.1) is 22.0 Å². The molecule has 0 spiro atoms. The summed E-state index contributed by atoms with van der Waals surface area (Å²) in [6.07, 6.45) is 1.39. The number of benzene rings is 1. The lowest BCUT2D eigenvalue weighted by Gasteiger charge is -2.30. The average molecular weight is 377 g/mol. The van der Waals surface area contributed by atoms with Gasteiger partial charge < -0.3 is 10.2 Å². The van der Waals surface area contributed by atoms with Crippen LogP contribution >= 0.6 is 23.1 Å². The maximum absolute atomic E-state index is 12.4. The predicted molar refractivity (Wildman–Crippen MR) is 99.5 cm³/mol. The van der Waals surface area contributed by atoms with Gasteiger partial charge in [-0.25, -0.2) is 0 Å². The monoisotopic (exact) mass is 376 g/mol. The molecule has 0 bridgehead atoms. The molecule has 1 saturated heterocycles. The number of nitrogens with one attached hydrogen (secondary N) is 1. The molecule has 2 amide bonds. The van der Waals surface area contributed by atoms with Crippen LogP contribution in [0.15, 0.2) is 35.2 Å². The molecular formula is C17H20N4O2S2. The normalized spacial score (nSPS) is 15.2. The first-order valence-corrected chi connectivity index (χ1v) is 9.98. The van der Waals surface area contributed by atoms with E-state index in [1.807, 2.05) is 18.2 Å². The van der Waals surface area contributed by atoms with Crippen LogP contribution in [-0.2, 0) is 15.3 Å². The van der Waals surface area contributed by atoms with Gasteiger partial charge in [-0.05, 0) is 25.0 Å². The second kappa shape index (κ2) is 8.44. The number of hydrogen-bond acceptors (Lipinski definition) is 6. The van der Waals surface area contributed by atoms with Crippen molar-refractivity contribution in [2.45, 2.75) is 30.4 Å². The molecular weight excluding hydrogens is 356 g/mol. The molecule has 1 aromatic heterocycles. The Morgan fingerprint density at radius 3 is 2.64 bits per heavy atom.